The van der Waals surface area contributed by atoms with Crippen molar-refractivity contribution in [2.45, 2.75) is 13.1 Å². The Morgan fingerprint density at radius 1 is 1.14 bits per heavy atom. The SMILES string of the molecule is O=C(O)C=Cc1cc(F)ccc1N1Cc2ccccc2C1. The minimum Gasteiger partial charge on any atom is -0.478 e. The summed E-state index contributed by atoms with van der Waals surface area (Å²) < 4.78 is 13.4. The molecular weight excluding hydrogens is 269 g/mol. The number of benzene rings is 2. The Kier molecular flexibility index (Phi) is 3.44. The molecule has 3 rings (SSSR count). The Morgan fingerprint density at radius 2 is 1.81 bits per heavy atom. The molecule has 0 spiro atoms. The smallest absolute Gasteiger partial charge is 0.328 e. The Labute approximate surface area is 121 Å². The molecule has 0 unspecified atom stereocenters. The summed E-state index contributed by atoms with van der Waals surface area (Å²) in [4.78, 5) is 12.8. The van der Waals surface area contributed by atoms with E-state index in [4.69, 9.17) is 5.11 Å². The van der Waals surface area contributed by atoms with Crippen LogP contribution in [0.25, 0.3) is 6.08 Å². The normalized spacial score (nSPS) is 13.7. The molecule has 0 fully saturated rings. The van der Waals surface area contributed by atoms with E-state index >= 15 is 0 Å². The lowest BCUT2D eigenvalue weighted by molar-refractivity contribution is -0.131. The van der Waals surface area contributed by atoms with Crippen LogP contribution < -0.4 is 4.90 Å². The van der Waals surface area contributed by atoms with Gasteiger partial charge in [-0.2, -0.15) is 0 Å². The van der Waals surface area contributed by atoms with E-state index < -0.39 is 5.97 Å². The van der Waals surface area contributed by atoms with E-state index in [-0.39, 0.29) is 5.82 Å². The lowest BCUT2D eigenvalue weighted by Crippen LogP contribution is -2.15. The number of hydrogen-bond acceptors (Lipinski definition) is 2. The Hall–Kier alpha value is -2.62. The molecular formula is C17H14FNO2. The summed E-state index contributed by atoms with van der Waals surface area (Å²) in [5.74, 6) is -1.42. The van der Waals surface area contributed by atoms with Gasteiger partial charge in [0.1, 0.15) is 5.82 Å². The van der Waals surface area contributed by atoms with Crippen molar-refractivity contribution in [2.75, 3.05) is 4.90 Å². The quantitative estimate of drug-likeness (QED) is 0.877. The highest BCUT2D eigenvalue weighted by molar-refractivity contribution is 5.87. The van der Waals surface area contributed by atoms with E-state index in [1.807, 2.05) is 12.1 Å². The number of carboxylic acid groups (broad SMARTS) is 1. The van der Waals surface area contributed by atoms with Gasteiger partial charge < -0.3 is 10.0 Å². The number of fused-ring (bicyclic) bond motifs is 1. The second-order valence-electron chi connectivity index (χ2n) is 5.00. The van der Waals surface area contributed by atoms with E-state index in [0.717, 1.165) is 24.9 Å². The monoisotopic (exact) mass is 283 g/mol. The minimum atomic E-state index is -1.05. The molecule has 0 aliphatic carbocycles. The molecule has 106 valence electrons. The van der Waals surface area contributed by atoms with Crippen molar-refractivity contribution in [1.29, 1.82) is 0 Å². The van der Waals surface area contributed by atoms with Gasteiger partial charge >= 0.3 is 5.97 Å². The zero-order chi connectivity index (χ0) is 14.8. The standard InChI is InChI=1S/C17H14FNO2/c18-15-6-7-16(12(9-15)5-8-17(20)21)19-10-13-3-1-2-4-14(13)11-19/h1-9H,10-11H2,(H,20,21). The van der Waals surface area contributed by atoms with Gasteiger partial charge in [-0.3, -0.25) is 0 Å². The molecule has 0 radical (unpaired) electrons. The number of hydrogen-bond donors (Lipinski definition) is 1. The van der Waals surface area contributed by atoms with Crippen LogP contribution in [0.15, 0.2) is 48.5 Å². The third-order valence-corrected chi connectivity index (χ3v) is 3.58. The van der Waals surface area contributed by atoms with Gasteiger partial charge in [-0.25, -0.2) is 9.18 Å². The third kappa shape index (κ3) is 2.79. The van der Waals surface area contributed by atoms with Crippen LogP contribution in [0, 0.1) is 5.82 Å². The molecule has 0 saturated carbocycles. The van der Waals surface area contributed by atoms with Crippen molar-refractivity contribution < 1.29 is 14.3 Å². The van der Waals surface area contributed by atoms with Crippen LogP contribution in [0.5, 0.6) is 0 Å². The molecule has 1 aliphatic heterocycles. The van der Waals surface area contributed by atoms with Gasteiger partial charge in [-0.05, 0) is 35.4 Å². The first-order valence-corrected chi connectivity index (χ1v) is 6.66. The van der Waals surface area contributed by atoms with Gasteiger partial charge in [-0.1, -0.05) is 24.3 Å². The van der Waals surface area contributed by atoms with Crippen molar-refractivity contribution in [2.24, 2.45) is 0 Å². The predicted molar refractivity (Wildman–Crippen MR) is 79.4 cm³/mol. The van der Waals surface area contributed by atoms with Crippen LogP contribution in [0.2, 0.25) is 0 Å². The first-order valence-electron chi connectivity index (χ1n) is 6.66. The fourth-order valence-corrected chi connectivity index (χ4v) is 2.61. The topological polar surface area (TPSA) is 40.5 Å². The molecule has 2 aromatic rings. The lowest BCUT2D eigenvalue weighted by Gasteiger charge is -2.20. The zero-order valence-corrected chi connectivity index (χ0v) is 11.3. The lowest BCUT2D eigenvalue weighted by atomic mass is 10.1. The molecule has 0 bridgehead atoms. The van der Waals surface area contributed by atoms with Gasteiger partial charge in [0.25, 0.3) is 0 Å². The second kappa shape index (κ2) is 5.40. The summed E-state index contributed by atoms with van der Waals surface area (Å²) in [6.07, 6.45) is 2.46. The number of carbonyl (C=O) groups is 1. The van der Waals surface area contributed by atoms with E-state index in [2.05, 4.69) is 17.0 Å². The van der Waals surface area contributed by atoms with Gasteiger partial charge in [0.05, 0.1) is 0 Å². The van der Waals surface area contributed by atoms with Crippen LogP contribution in [-0.4, -0.2) is 11.1 Å². The molecule has 0 amide bonds. The summed E-state index contributed by atoms with van der Waals surface area (Å²) in [7, 11) is 0. The third-order valence-electron chi connectivity index (χ3n) is 3.58. The molecule has 1 aliphatic rings. The molecule has 1 heterocycles. The van der Waals surface area contributed by atoms with Crippen LogP contribution >= 0.6 is 0 Å². The maximum absolute atomic E-state index is 13.4. The first-order chi connectivity index (χ1) is 10.1. The average molecular weight is 283 g/mol. The van der Waals surface area contributed by atoms with E-state index in [1.165, 1.54) is 29.3 Å². The van der Waals surface area contributed by atoms with E-state index in [1.54, 1.807) is 6.07 Å². The Morgan fingerprint density at radius 3 is 2.43 bits per heavy atom. The molecule has 1 N–H and O–H groups in total. The minimum absolute atomic E-state index is 0.375. The second-order valence-corrected chi connectivity index (χ2v) is 5.00. The molecule has 3 nitrogen and oxygen atoms in total. The first kappa shape index (κ1) is 13.4. The molecule has 0 aromatic heterocycles. The summed E-state index contributed by atoms with van der Waals surface area (Å²) >= 11 is 0. The zero-order valence-electron chi connectivity index (χ0n) is 11.3. The van der Waals surface area contributed by atoms with E-state index in [0.29, 0.717) is 5.56 Å². The van der Waals surface area contributed by atoms with Crippen molar-refractivity contribution in [3.8, 4) is 0 Å². The highest BCUT2D eigenvalue weighted by Crippen LogP contribution is 2.31. The maximum atomic E-state index is 13.4. The van der Waals surface area contributed by atoms with Crippen molar-refractivity contribution in [3.05, 3.63) is 71.0 Å². The fourth-order valence-electron chi connectivity index (χ4n) is 2.61. The van der Waals surface area contributed by atoms with Gasteiger partial charge in [-0.15, -0.1) is 0 Å². The Bertz CT molecular complexity index is 699. The number of halogens is 1. The number of anilines is 1. The molecule has 0 atom stereocenters. The Balaban J connectivity index is 1.95. The number of rotatable bonds is 3. The van der Waals surface area contributed by atoms with Crippen molar-refractivity contribution in [3.63, 3.8) is 0 Å². The van der Waals surface area contributed by atoms with Gasteiger partial charge in [0.2, 0.25) is 0 Å². The fraction of sp³-hybridized carbons (Fsp3) is 0.118. The number of aliphatic carboxylic acids is 1. The number of carboxylic acids is 1. The summed E-state index contributed by atoms with van der Waals surface area (Å²) in [6, 6.07) is 12.6. The van der Waals surface area contributed by atoms with Crippen LogP contribution in [0.4, 0.5) is 10.1 Å². The summed E-state index contributed by atoms with van der Waals surface area (Å²) in [6.45, 7) is 1.49. The highest BCUT2D eigenvalue weighted by atomic mass is 19.1. The largest absolute Gasteiger partial charge is 0.478 e. The van der Waals surface area contributed by atoms with Crippen LogP contribution in [-0.2, 0) is 17.9 Å². The molecule has 0 saturated heterocycles. The molecule has 21 heavy (non-hydrogen) atoms. The summed E-state index contributed by atoms with van der Waals surface area (Å²) in [5, 5.41) is 8.75. The van der Waals surface area contributed by atoms with Crippen LogP contribution in [0.3, 0.4) is 0 Å². The average Bonchev–Trinajstić information content (AvgIpc) is 2.88. The maximum Gasteiger partial charge on any atom is 0.328 e. The van der Waals surface area contributed by atoms with Gasteiger partial charge in [0, 0.05) is 30.4 Å². The molecule has 4 heteroatoms. The number of nitrogens with zero attached hydrogens (tertiary/aromatic N) is 1. The molecule has 2 aromatic carbocycles. The van der Waals surface area contributed by atoms with E-state index in [9.17, 15) is 9.18 Å². The van der Waals surface area contributed by atoms with Crippen molar-refractivity contribution in [1.82, 2.24) is 0 Å². The van der Waals surface area contributed by atoms with Crippen molar-refractivity contribution >= 4 is 17.7 Å². The van der Waals surface area contributed by atoms with Gasteiger partial charge in [0.15, 0.2) is 0 Å². The summed E-state index contributed by atoms with van der Waals surface area (Å²) in [5.41, 5.74) is 3.90. The van der Waals surface area contributed by atoms with Crippen LogP contribution in [0.1, 0.15) is 16.7 Å². The highest BCUT2D eigenvalue weighted by Gasteiger charge is 2.20. The predicted octanol–water partition coefficient (Wildman–Crippen LogP) is 3.44.